The summed E-state index contributed by atoms with van der Waals surface area (Å²) in [5, 5.41) is 2.97. The standard InChI is InChI=1S/C18H11ClFNO3/c19-11-4-6-15(17-7-5-14(10-22)24-17)16(8-11)18(23)21-13-3-1-2-12(20)9-13/h1-10H,(H,21,23). The number of furan rings is 1. The molecule has 3 aromatic rings. The summed E-state index contributed by atoms with van der Waals surface area (Å²) in [4.78, 5) is 23.3. The van der Waals surface area contributed by atoms with E-state index in [1.165, 1.54) is 30.3 Å². The minimum Gasteiger partial charge on any atom is -0.453 e. The van der Waals surface area contributed by atoms with Crippen molar-refractivity contribution in [3.05, 3.63) is 76.8 Å². The summed E-state index contributed by atoms with van der Waals surface area (Å²) in [5.74, 6) is -0.419. The summed E-state index contributed by atoms with van der Waals surface area (Å²) in [6.45, 7) is 0. The Bertz CT molecular complexity index is 920. The van der Waals surface area contributed by atoms with Crippen LogP contribution in [-0.2, 0) is 0 Å². The van der Waals surface area contributed by atoms with Gasteiger partial charge in [-0.2, -0.15) is 0 Å². The zero-order valence-electron chi connectivity index (χ0n) is 12.3. The molecule has 3 rings (SSSR count). The number of carbonyl (C=O) groups is 2. The molecule has 120 valence electrons. The fraction of sp³-hybridized carbons (Fsp3) is 0. The van der Waals surface area contributed by atoms with E-state index in [1.807, 2.05) is 0 Å². The molecule has 4 nitrogen and oxygen atoms in total. The zero-order chi connectivity index (χ0) is 17.1. The third kappa shape index (κ3) is 3.36. The monoisotopic (exact) mass is 343 g/mol. The van der Waals surface area contributed by atoms with E-state index in [9.17, 15) is 14.0 Å². The Labute approximate surface area is 141 Å². The molecule has 0 aliphatic carbocycles. The van der Waals surface area contributed by atoms with Gasteiger partial charge >= 0.3 is 0 Å². The van der Waals surface area contributed by atoms with Crippen LogP contribution in [0.4, 0.5) is 10.1 Å². The minimum absolute atomic E-state index is 0.149. The van der Waals surface area contributed by atoms with Gasteiger partial charge in [-0.05, 0) is 48.5 Å². The van der Waals surface area contributed by atoms with Crippen LogP contribution in [0.15, 0.2) is 59.0 Å². The van der Waals surface area contributed by atoms with Crippen LogP contribution in [-0.4, -0.2) is 12.2 Å². The molecule has 1 aromatic heterocycles. The van der Waals surface area contributed by atoms with Gasteiger partial charge in [-0.1, -0.05) is 17.7 Å². The maximum Gasteiger partial charge on any atom is 0.256 e. The largest absolute Gasteiger partial charge is 0.453 e. The van der Waals surface area contributed by atoms with Crippen molar-refractivity contribution in [3.63, 3.8) is 0 Å². The molecule has 0 saturated carbocycles. The molecular formula is C18H11ClFNO3. The number of anilines is 1. The quantitative estimate of drug-likeness (QED) is 0.692. The highest BCUT2D eigenvalue weighted by atomic mass is 35.5. The highest BCUT2D eigenvalue weighted by Crippen LogP contribution is 2.28. The van der Waals surface area contributed by atoms with Crippen LogP contribution in [0.5, 0.6) is 0 Å². The molecular weight excluding hydrogens is 333 g/mol. The van der Waals surface area contributed by atoms with Crippen molar-refractivity contribution in [1.29, 1.82) is 0 Å². The second-order valence-corrected chi connectivity index (χ2v) is 5.41. The highest BCUT2D eigenvalue weighted by molar-refractivity contribution is 6.31. The van der Waals surface area contributed by atoms with Crippen LogP contribution in [0.2, 0.25) is 5.02 Å². The van der Waals surface area contributed by atoms with Gasteiger partial charge < -0.3 is 9.73 Å². The number of nitrogens with one attached hydrogen (secondary N) is 1. The number of halogens is 2. The van der Waals surface area contributed by atoms with E-state index < -0.39 is 11.7 Å². The van der Waals surface area contributed by atoms with E-state index in [0.29, 0.717) is 28.3 Å². The van der Waals surface area contributed by atoms with Crippen LogP contribution >= 0.6 is 11.6 Å². The lowest BCUT2D eigenvalue weighted by Crippen LogP contribution is -2.13. The SMILES string of the molecule is O=Cc1ccc(-c2ccc(Cl)cc2C(=O)Nc2cccc(F)c2)o1. The first kappa shape index (κ1) is 16.0. The summed E-state index contributed by atoms with van der Waals surface area (Å²) in [6.07, 6.45) is 0.575. The molecule has 2 aromatic carbocycles. The number of rotatable bonds is 4. The molecule has 0 atom stereocenters. The van der Waals surface area contributed by atoms with E-state index >= 15 is 0 Å². The van der Waals surface area contributed by atoms with E-state index in [1.54, 1.807) is 24.3 Å². The predicted molar refractivity (Wildman–Crippen MR) is 88.9 cm³/mol. The first-order valence-corrected chi connectivity index (χ1v) is 7.36. The third-order valence-electron chi connectivity index (χ3n) is 3.32. The molecule has 0 unspecified atom stereocenters. The Morgan fingerprint density at radius 2 is 1.96 bits per heavy atom. The summed E-state index contributed by atoms with van der Waals surface area (Å²) < 4.78 is 18.6. The van der Waals surface area contributed by atoms with Crippen molar-refractivity contribution >= 4 is 29.5 Å². The van der Waals surface area contributed by atoms with E-state index in [-0.39, 0.29) is 11.3 Å². The minimum atomic E-state index is -0.470. The Hall–Kier alpha value is -2.92. The summed E-state index contributed by atoms with van der Waals surface area (Å²) in [7, 11) is 0. The normalized spacial score (nSPS) is 10.4. The smallest absolute Gasteiger partial charge is 0.256 e. The summed E-state index contributed by atoms with van der Waals surface area (Å²) in [6, 6.07) is 13.4. The zero-order valence-corrected chi connectivity index (χ0v) is 13.0. The van der Waals surface area contributed by atoms with Gasteiger partial charge in [0.1, 0.15) is 11.6 Å². The number of benzene rings is 2. The van der Waals surface area contributed by atoms with E-state index in [2.05, 4.69) is 5.32 Å². The Balaban J connectivity index is 1.98. The van der Waals surface area contributed by atoms with Gasteiger partial charge in [0.2, 0.25) is 0 Å². The van der Waals surface area contributed by atoms with Crippen LogP contribution in [0.1, 0.15) is 20.9 Å². The first-order valence-electron chi connectivity index (χ1n) is 6.98. The molecule has 24 heavy (non-hydrogen) atoms. The highest BCUT2D eigenvalue weighted by Gasteiger charge is 2.16. The number of hydrogen-bond acceptors (Lipinski definition) is 3. The number of hydrogen-bond donors (Lipinski definition) is 1. The van der Waals surface area contributed by atoms with Gasteiger partial charge in [0.05, 0.1) is 5.56 Å². The van der Waals surface area contributed by atoms with Crippen molar-refractivity contribution in [2.75, 3.05) is 5.32 Å². The maximum absolute atomic E-state index is 13.2. The molecule has 1 N–H and O–H groups in total. The molecule has 0 saturated heterocycles. The average molecular weight is 344 g/mol. The predicted octanol–water partition coefficient (Wildman–Crippen LogP) is 4.80. The van der Waals surface area contributed by atoms with Crippen molar-refractivity contribution in [2.24, 2.45) is 0 Å². The number of aldehydes is 1. The van der Waals surface area contributed by atoms with Crippen molar-refractivity contribution in [2.45, 2.75) is 0 Å². The van der Waals surface area contributed by atoms with Crippen LogP contribution < -0.4 is 5.32 Å². The van der Waals surface area contributed by atoms with Crippen molar-refractivity contribution in [3.8, 4) is 11.3 Å². The van der Waals surface area contributed by atoms with E-state index in [0.717, 1.165) is 0 Å². The molecule has 0 aliphatic rings. The lowest BCUT2D eigenvalue weighted by molar-refractivity contribution is 0.102. The Kier molecular flexibility index (Phi) is 4.44. The van der Waals surface area contributed by atoms with Gasteiger partial charge in [-0.3, -0.25) is 9.59 Å². The number of carbonyl (C=O) groups excluding carboxylic acids is 2. The molecule has 0 spiro atoms. The fourth-order valence-corrected chi connectivity index (χ4v) is 2.42. The van der Waals surface area contributed by atoms with Crippen LogP contribution in [0, 0.1) is 5.82 Å². The molecule has 0 bridgehead atoms. The van der Waals surface area contributed by atoms with E-state index in [4.69, 9.17) is 16.0 Å². The van der Waals surface area contributed by atoms with Gasteiger partial charge in [-0.15, -0.1) is 0 Å². The first-order chi connectivity index (χ1) is 11.6. The lowest BCUT2D eigenvalue weighted by atomic mass is 10.0. The van der Waals surface area contributed by atoms with Crippen LogP contribution in [0.25, 0.3) is 11.3 Å². The number of amides is 1. The molecule has 1 heterocycles. The third-order valence-corrected chi connectivity index (χ3v) is 3.55. The molecule has 1 amide bonds. The van der Waals surface area contributed by atoms with Gasteiger partial charge in [-0.25, -0.2) is 4.39 Å². The fourth-order valence-electron chi connectivity index (χ4n) is 2.24. The molecule has 0 aliphatic heterocycles. The summed E-state index contributed by atoms with van der Waals surface area (Å²) >= 11 is 5.98. The lowest BCUT2D eigenvalue weighted by Gasteiger charge is -2.09. The van der Waals surface area contributed by atoms with Gasteiger partial charge in [0.15, 0.2) is 12.0 Å². The average Bonchev–Trinajstić information content (AvgIpc) is 3.03. The van der Waals surface area contributed by atoms with Gasteiger partial charge in [0, 0.05) is 16.3 Å². The van der Waals surface area contributed by atoms with Crippen molar-refractivity contribution in [1.82, 2.24) is 0 Å². The topological polar surface area (TPSA) is 59.3 Å². The Morgan fingerprint density at radius 3 is 2.67 bits per heavy atom. The van der Waals surface area contributed by atoms with Crippen molar-refractivity contribution < 1.29 is 18.4 Å². The molecule has 0 fully saturated rings. The Morgan fingerprint density at radius 1 is 1.12 bits per heavy atom. The van der Waals surface area contributed by atoms with Gasteiger partial charge in [0.25, 0.3) is 5.91 Å². The molecule has 6 heteroatoms. The second kappa shape index (κ2) is 6.68. The summed E-state index contributed by atoms with van der Waals surface area (Å²) in [5.41, 5.74) is 1.04. The van der Waals surface area contributed by atoms with Crippen LogP contribution in [0.3, 0.4) is 0 Å². The molecule has 0 radical (unpaired) electrons. The second-order valence-electron chi connectivity index (χ2n) is 4.97. The maximum atomic E-state index is 13.2.